The third-order valence-electron chi connectivity index (χ3n) is 6.38. The van der Waals surface area contributed by atoms with Crippen LogP contribution in [0.3, 0.4) is 0 Å². The number of aliphatic hydroxyl groups is 2. The maximum Gasteiger partial charge on any atom is 0.459 e. The number of rotatable bonds is 12. The lowest BCUT2D eigenvalue weighted by molar-refractivity contribution is -0.146. The Balaban J connectivity index is 1.57. The van der Waals surface area contributed by atoms with Crippen molar-refractivity contribution in [1.29, 1.82) is 0 Å². The summed E-state index contributed by atoms with van der Waals surface area (Å²) < 4.78 is 36.8. The van der Waals surface area contributed by atoms with Gasteiger partial charge in [0.2, 0.25) is 5.72 Å². The molecule has 228 valence electrons. The van der Waals surface area contributed by atoms with E-state index < -0.39 is 61.8 Å². The van der Waals surface area contributed by atoms with Gasteiger partial charge in [-0.15, -0.1) is 0 Å². The standard InChI is InChI=1S/C26H29N6O10P/c1-16-13-32(25(37)28-22(16)35)23-20(33)21(34)26(41-23,30-31-27)15-40-43(38,42-19-11-7-4-8-12-19)29-17(2)24(36)39-14-18-9-5-3-6-10-18/h3-13,17,20-21,23,33-34H,14-15H2,1-2H3,(H,29,38)(H,28,35,37)/t17-,20+,21-,23+,26+,43?/m0/s1. The van der Waals surface area contributed by atoms with Crippen LogP contribution in [-0.4, -0.2) is 56.3 Å². The number of ether oxygens (including phenoxy) is 2. The third kappa shape index (κ3) is 7.39. The quantitative estimate of drug-likeness (QED) is 0.0756. The fraction of sp³-hybridized carbons (Fsp3) is 0.346. The molecule has 1 aliphatic heterocycles. The summed E-state index contributed by atoms with van der Waals surface area (Å²) in [5, 5.41) is 27.6. The van der Waals surface area contributed by atoms with Crippen LogP contribution in [-0.2, 0) is 30.0 Å². The van der Waals surface area contributed by atoms with E-state index in [0.29, 0.717) is 0 Å². The van der Waals surface area contributed by atoms with Gasteiger partial charge in [0.15, 0.2) is 6.23 Å². The van der Waals surface area contributed by atoms with Crippen molar-refractivity contribution < 1.29 is 38.1 Å². The van der Waals surface area contributed by atoms with Gasteiger partial charge in [-0.25, -0.2) is 9.36 Å². The highest BCUT2D eigenvalue weighted by Crippen LogP contribution is 2.48. The van der Waals surface area contributed by atoms with Crippen LogP contribution >= 0.6 is 7.75 Å². The zero-order valence-electron chi connectivity index (χ0n) is 23.0. The van der Waals surface area contributed by atoms with Crippen molar-refractivity contribution in [3.63, 3.8) is 0 Å². The third-order valence-corrected chi connectivity index (χ3v) is 8.00. The average Bonchev–Trinajstić information content (AvgIpc) is 3.23. The Labute approximate surface area is 244 Å². The van der Waals surface area contributed by atoms with Crippen LogP contribution in [0.1, 0.15) is 24.3 Å². The summed E-state index contributed by atoms with van der Waals surface area (Å²) >= 11 is 0. The van der Waals surface area contributed by atoms with E-state index in [4.69, 9.17) is 18.5 Å². The Morgan fingerprint density at radius 3 is 2.51 bits per heavy atom. The van der Waals surface area contributed by atoms with Crippen molar-refractivity contribution in [2.45, 2.75) is 50.7 Å². The van der Waals surface area contributed by atoms with Gasteiger partial charge < -0.3 is 24.2 Å². The van der Waals surface area contributed by atoms with Crippen LogP contribution in [0.15, 0.2) is 81.6 Å². The molecule has 2 aromatic carbocycles. The van der Waals surface area contributed by atoms with E-state index in [1.54, 1.807) is 48.5 Å². The number of carbonyl (C=O) groups excluding carboxylic acids is 1. The van der Waals surface area contributed by atoms with Crippen LogP contribution in [0.5, 0.6) is 5.75 Å². The van der Waals surface area contributed by atoms with Gasteiger partial charge in [0.05, 0.1) is 6.61 Å². The number of carbonyl (C=O) groups is 1. The summed E-state index contributed by atoms with van der Waals surface area (Å²) in [4.78, 5) is 41.6. The highest BCUT2D eigenvalue weighted by molar-refractivity contribution is 7.52. The molecule has 4 N–H and O–H groups in total. The molecule has 4 rings (SSSR count). The number of aliphatic hydroxyl groups excluding tert-OH is 2. The molecule has 17 heteroatoms. The molecule has 1 saturated heterocycles. The first kappa shape index (κ1) is 31.7. The Kier molecular flexibility index (Phi) is 9.84. The Morgan fingerprint density at radius 2 is 1.86 bits per heavy atom. The monoisotopic (exact) mass is 616 g/mol. The number of aryl methyl sites for hydroxylation is 1. The van der Waals surface area contributed by atoms with Crippen molar-refractivity contribution in [3.05, 3.63) is 109 Å². The van der Waals surface area contributed by atoms with E-state index in [1.807, 2.05) is 4.98 Å². The number of benzene rings is 2. The lowest BCUT2D eigenvalue weighted by atomic mass is 10.1. The second-order valence-corrected chi connectivity index (χ2v) is 11.3. The van der Waals surface area contributed by atoms with Gasteiger partial charge >= 0.3 is 19.4 Å². The maximum absolute atomic E-state index is 14.0. The minimum absolute atomic E-state index is 0.0563. The molecule has 6 atom stereocenters. The molecule has 0 radical (unpaired) electrons. The van der Waals surface area contributed by atoms with E-state index >= 15 is 0 Å². The Hall–Kier alpha value is -4.27. The van der Waals surface area contributed by atoms with Crippen molar-refractivity contribution in [2.75, 3.05) is 6.61 Å². The number of H-pyrrole nitrogens is 1. The molecule has 1 unspecified atom stereocenters. The Bertz CT molecular complexity index is 1650. The van der Waals surface area contributed by atoms with Gasteiger partial charge in [0.25, 0.3) is 5.56 Å². The zero-order chi connectivity index (χ0) is 31.2. The number of hydrogen-bond donors (Lipinski definition) is 4. The predicted molar refractivity (Wildman–Crippen MR) is 150 cm³/mol. The van der Waals surface area contributed by atoms with Crippen LogP contribution in [0.4, 0.5) is 0 Å². The second kappa shape index (κ2) is 13.4. The number of para-hydroxylation sites is 1. The SMILES string of the molecule is Cc1cn([C@@H]2O[C@@](COP(=O)(N[C@@H](C)C(=O)OCc3ccccc3)Oc3ccccc3)(N=[N+]=[N-])[C@@H](O)[C@H]2O)c(=O)[nH]c1=O. The zero-order valence-corrected chi connectivity index (χ0v) is 23.9. The summed E-state index contributed by atoms with van der Waals surface area (Å²) in [5.74, 6) is -0.725. The van der Waals surface area contributed by atoms with Crippen molar-refractivity contribution in [3.8, 4) is 5.75 Å². The number of aromatic amines is 1. The largest absolute Gasteiger partial charge is 0.460 e. The molecular formula is C26H29N6O10P. The smallest absolute Gasteiger partial charge is 0.459 e. The van der Waals surface area contributed by atoms with E-state index in [2.05, 4.69) is 15.1 Å². The highest BCUT2D eigenvalue weighted by Gasteiger charge is 2.56. The highest BCUT2D eigenvalue weighted by atomic mass is 31.2. The summed E-state index contributed by atoms with van der Waals surface area (Å²) in [6, 6.07) is 15.4. The lowest BCUT2D eigenvalue weighted by Crippen LogP contribution is -2.45. The van der Waals surface area contributed by atoms with Crippen molar-refractivity contribution in [2.24, 2.45) is 5.11 Å². The number of nitrogens with one attached hydrogen (secondary N) is 2. The van der Waals surface area contributed by atoms with Crippen LogP contribution in [0, 0.1) is 6.92 Å². The first-order valence-electron chi connectivity index (χ1n) is 12.9. The van der Waals surface area contributed by atoms with Gasteiger partial charge in [-0.1, -0.05) is 53.6 Å². The fourth-order valence-electron chi connectivity index (χ4n) is 4.11. The maximum atomic E-state index is 14.0. The van der Waals surface area contributed by atoms with Crippen LogP contribution in [0.25, 0.3) is 10.4 Å². The summed E-state index contributed by atoms with van der Waals surface area (Å²) in [7, 11) is -4.55. The average molecular weight is 617 g/mol. The number of aromatic nitrogens is 2. The Morgan fingerprint density at radius 1 is 1.21 bits per heavy atom. The van der Waals surface area contributed by atoms with E-state index in [1.165, 1.54) is 26.0 Å². The molecule has 3 aromatic rings. The van der Waals surface area contributed by atoms with Crippen LogP contribution < -0.4 is 20.9 Å². The molecule has 16 nitrogen and oxygen atoms in total. The van der Waals surface area contributed by atoms with Gasteiger partial charge in [-0.2, -0.15) is 5.09 Å². The lowest BCUT2D eigenvalue weighted by Gasteiger charge is -2.29. The topological polar surface area (TPSA) is 227 Å². The van der Waals surface area contributed by atoms with E-state index in [0.717, 1.165) is 16.3 Å². The molecule has 0 saturated carbocycles. The van der Waals surface area contributed by atoms with Gasteiger partial charge in [-0.3, -0.25) is 23.7 Å². The first-order chi connectivity index (χ1) is 20.5. The fourth-order valence-corrected chi connectivity index (χ4v) is 5.62. The van der Waals surface area contributed by atoms with E-state index in [9.17, 15) is 34.7 Å². The molecule has 0 amide bonds. The second-order valence-electron chi connectivity index (χ2n) is 9.58. The summed E-state index contributed by atoms with van der Waals surface area (Å²) in [5.41, 5.74) is 5.97. The van der Waals surface area contributed by atoms with Gasteiger partial charge in [-0.05, 0) is 37.1 Å². The number of azide groups is 1. The molecule has 43 heavy (non-hydrogen) atoms. The molecule has 1 aliphatic rings. The van der Waals surface area contributed by atoms with Crippen molar-refractivity contribution >= 4 is 13.7 Å². The normalized spacial score (nSPS) is 23.5. The molecule has 0 bridgehead atoms. The van der Waals surface area contributed by atoms with Gasteiger partial charge in [0.1, 0.15) is 30.6 Å². The molecule has 1 fully saturated rings. The van der Waals surface area contributed by atoms with Gasteiger partial charge in [0, 0.05) is 16.7 Å². The molecule has 0 spiro atoms. The van der Waals surface area contributed by atoms with Crippen LogP contribution in [0.2, 0.25) is 0 Å². The molecule has 2 heterocycles. The molecule has 0 aliphatic carbocycles. The minimum atomic E-state index is -4.55. The first-order valence-corrected chi connectivity index (χ1v) is 14.4. The molecule has 1 aromatic heterocycles. The molecular weight excluding hydrogens is 587 g/mol. The minimum Gasteiger partial charge on any atom is -0.460 e. The van der Waals surface area contributed by atoms with E-state index in [-0.39, 0.29) is 17.9 Å². The summed E-state index contributed by atoms with van der Waals surface area (Å²) in [6.45, 7) is 1.71. The number of hydrogen-bond acceptors (Lipinski definition) is 11. The van der Waals surface area contributed by atoms with Crippen molar-refractivity contribution in [1.82, 2.24) is 14.6 Å². The summed E-state index contributed by atoms with van der Waals surface area (Å²) in [6.07, 6.45) is -4.44. The predicted octanol–water partition coefficient (Wildman–Crippen LogP) is 2.03. The number of esters is 1. The number of nitrogens with zero attached hydrogens (tertiary/aromatic N) is 4.